The molecule has 0 unspecified atom stereocenters. The zero-order chi connectivity index (χ0) is 12.5. The van der Waals surface area contributed by atoms with Gasteiger partial charge in [0.05, 0.1) is 12.7 Å². The number of hydrogen-bond acceptors (Lipinski definition) is 4. The quantitative estimate of drug-likeness (QED) is 0.442. The Kier molecular flexibility index (Phi) is 6.34. The fraction of sp³-hybridized carbons (Fsp3) is 0.800. The van der Waals surface area contributed by atoms with Gasteiger partial charge in [-0.1, -0.05) is 12.8 Å². The van der Waals surface area contributed by atoms with E-state index in [4.69, 9.17) is 9.84 Å². The molecule has 0 saturated heterocycles. The Morgan fingerprint density at radius 3 is 2.65 bits per heavy atom. The summed E-state index contributed by atoms with van der Waals surface area (Å²) in [4.78, 5) is 25.5. The first kappa shape index (κ1) is 13.7. The summed E-state index contributed by atoms with van der Waals surface area (Å²) >= 11 is 0. The van der Waals surface area contributed by atoms with Gasteiger partial charge in [-0.05, 0) is 12.8 Å². The average molecular weight is 246 g/mol. The lowest BCUT2D eigenvalue weighted by molar-refractivity contribution is -0.144. The molecule has 1 aliphatic carbocycles. The van der Waals surface area contributed by atoms with Crippen LogP contribution in [0.2, 0.25) is 0 Å². The van der Waals surface area contributed by atoms with E-state index >= 15 is 0 Å². The number of rotatable bonds is 7. The van der Waals surface area contributed by atoms with Crippen molar-refractivity contribution in [2.75, 3.05) is 19.8 Å². The highest BCUT2D eigenvalue weighted by Gasteiger charge is 2.14. The van der Waals surface area contributed by atoms with Gasteiger partial charge in [0.2, 0.25) is 0 Å². The van der Waals surface area contributed by atoms with E-state index in [0.29, 0.717) is 19.3 Å². The minimum atomic E-state index is -1.14. The van der Waals surface area contributed by atoms with Crippen molar-refractivity contribution in [3.63, 3.8) is 0 Å². The van der Waals surface area contributed by atoms with Crippen LogP contribution in [0.25, 0.3) is 0 Å². The lowest BCUT2D eigenvalue weighted by Gasteiger charge is -2.11. The van der Waals surface area contributed by atoms with Crippen LogP contribution in [0, 0.1) is 0 Å². The largest absolute Gasteiger partial charge is 0.479 e. The molecule has 7 nitrogen and oxygen atoms in total. The predicted octanol–water partition coefficient (Wildman–Crippen LogP) is 0.261. The van der Waals surface area contributed by atoms with Crippen molar-refractivity contribution in [2.24, 2.45) is 0 Å². The molecular weight excluding hydrogens is 228 g/mol. The number of hydrogen-bond donors (Lipinski definition) is 3. The van der Waals surface area contributed by atoms with Crippen molar-refractivity contribution in [2.45, 2.75) is 31.8 Å². The number of ether oxygens (including phenoxy) is 1. The normalized spacial score (nSPS) is 15.8. The molecule has 0 spiro atoms. The minimum Gasteiger partial charge on any atom is -0.479 e. The molecule has 2 amide bonds. The topological polar surface area (TPSA) is 96.9 Å². The van der Waals surface area contributed by atoms with Crippen molar-refractivity contribution in [1.29, 1.82) is 0 Å². The second-order valence-corrected chi connectivity index (χ2v) is 3.82. The fourth-order valence-electron chi connectivity index (χ4n) is 1.64. The van der Waals surface area contributed by atoms with Gasteiger partial charge < -0.3 is 15.2 Å². The second kappa shape index (κ2) is 7.86. The summed E-state index contributed by atoms with van der Waals surface area (Å²) in [5.74, 6) is -1.14. The molecule has 17 heavy (non-hydrogen) atoms. The maximum atomic E-state index is 11.0. The van der Waals surface area contributed by atoms with Crippen LogP contribution in [0.15, 0.2) is 0 Å². The van der Waals surface area contributed by atoms with Gasteiger partial charge in [-0.25, -0.2) is 15.1 Å². The summed E-state index contributed by atoms with van der Waals surface area (Å²) in [6.45, 7) is 0.266. The Balaban J connectivity index is 1.90. The molecule has 3 N–H and O–H groups in total. The molecule has 0 aromatic rings. The number of carbonyl (C=O) groups is 2. The van der Waals surface area contributed by atoms with Crippen LogP contribution in [0.1, 0.15) is 25.7 Å². The Labute approximate surface area is 99.4 Å². The summed E-state index contributed by atoms with van der Waals surface area (Å²) < 4.78 is 5.52. The lowest BCUT2D eigenvalue weighted by Crippen LogP contribution is -2.38. The van der Waals surface area contributed by atoms with Crippen LogP contribution >= 0.6 is 0 Å². The van der Waals surface area contributed by atoms with Gasteiger partial charge in [-0.15, -0.1) is 0 Å². The number of urea groups is 1. The third kappa shape index (κ3) is 6.75. The van der Waals surface area contributed by atoms with Crippen LogP contribution in [0.3, 0.4) is 0 Å². The Morgan fingerprint density at radius 2 is 2.00 bits per heavy atom. The smallest absolute Gasteiger partial charge is 0.338 e. The Hall–Kier alpha value is -1.34. The molecule has 98 valence electrons. The van der Waals surface area contributed by atoms with Gasteiger partial charge in [0.25, 0.3) is 0 Å². The van der Waals surface area contributed by atoms with E-state index in [2.05, 4.69) is 10.2 Å². The molecule has 0 radical (unpaired) electrons. The van der Waals surface area contributed by atoms with Crippen LogP contribution in [0.5, 0.6) is 0 Å². The number of carboxylic acid groups (broad SMARTS) is 1. The SMILES string of the molecule is O=C(O)CONC(=O)NCCOC1CCCC1. The summed E-state index contributed by atoms with van der Waals surface area (Å²) in [6.07, 6.45) is 4.92. The molecule has 1 aliphatic rings. The average Bonchev–Trinajstić information content (AvgIpc) is 2.76. The Bertz CT molecular complexity index is 253. The van der Waals surface area contributed by atoms with Gasteiger partial charge in [0, 0.05) is 6.54 Å². The van der Waals surface area contributed by atoms with E-state index in [1.54, 1.807) is 0 Å². The number of amides is 2. The number of aliphatic carboxylic acids is 1. The monoisotopic (exact) mass is 246 g/mol. The number of carbonyl (C=O) groups excluding carboxylic acids is 1. The molecular formula is C10H18N2O5. The third-order valence-corrected chi connectivity index (χ3v) is 2.40. The highest BCUT2D eigenvalue weighted by molar-refractivity contribution is 5.73. The van der Waals surface area contributed by atoms with E-state index in [1.807, 2.05) is 5.48 Å². The molecule has 1 fully saturated rings. The van der Waals surface area contributed by atoms with Crippen LogP contribution < -0.4 is 10.8 Å². The summed E-state index contributed by atoms with van der Waals surface area (Å²) in [6, 6.07) is -0.568. The van der Waals surface area contributed by atoms with Crippen LogP contribution in [-0.2, 0) is 14.4 Å². The van der Waals surface area contributed by atoms with Crippen molar-refractivity contribution >= 4 is 12.0 Å². The van der Waals surface area contributed by atoms with Gasteiger partial charge in [0.1, 0.15) is 0 Å². The first-order valence-corrected chi connectivity index (χ1v) is 5.67. The van der Waals surface area contributed by atoms with E-state index in [0.717, 1.165) is 12.8 Å². The number of carboxylic acids is 1. The molecule has 0 aliphatic heterocycles. The first-order valence-electron chi connectivity index (χ1n) is 5.67. The zero-order valence-corrected chi connectivity index (χ0v) is 9.61. The first-order chi connectivity index (χ1) is 8.18. The number of hydroxylamine groups is 1. The minimum absolute atomic E-state index is 0.322. The zero-order valence-electron chi connectivity index (χ0n) is 9.61. The van der Waals surface area contributed by atoms with Crippen molar-refractivity contribution in [1.82, 2.24) is 10.8 Å². The maximum absolute atomic E-state index is 11.0. The molecule has 0 aromatic heterocycles. The van der Waals surface area contributed by atoms with Gasteiger partial charge in [-0.3, -0.25) is 4.84 Å². The molecule has 0 bridgehead atoms. The molecule has 1 saturated carbocycles. The van der Waals surface area contributed by atoms with Gasteiger partial charge >= 0.3 is 12.0 Å². The Morgan fingerprint density at radius 1 is 1.29 bits per heavy atom. The van der Waals surface area contributed by atoms with Crippen molar-refractivity contribution in [3.8, 4) is 0 Å². The predicted molar refractivity (Wildman–Crippen MR) is 58.3 cm³/mol. The summed E-state index contributed by atoms with van der Waals surface area (Å²) in [5.41, 5.74) is 1.96. The second-order valence-electron chi connectivity index (χ2n) is 3.82. The molecule has 7 heteroatoms. The number of nitrogens with one attached hydrogen (secondary N) is 2. The standard InChI is InChI=1S/C10H18N2O5/c13-9(14)7-17-12-10(15)11-5-6-16-8-3-1-2-4-8/h8H,1-7H2,(H,13,14)(H2,11,12,15). The fourth-order valence-corrected chi connectivity index (χ4v) is 1.64. The highest BCUT2D eigenvalue weighted by atomic mass is 16.7. The third-order valence-electron chi connectivity index (χ3n) is 2.40. The molecule has 0 aromatic carbocycles. The van der Waals surface area contributed by atoms with E-state index in [-0.39, 0.29) is 0 Å². The van der Waals surface area contributed by atoms with E-state index in [1.165, 1.54) is 12.8 Å². The van der Waals surface area contributed by atoms with Crippen LogP contribution in [0.4, 0.5) is 4.79 Å². The van der Waals surface area contributed by atoms with Crippen molar-refractivity contribution < 1.29 is 24.3 Å². The molecule has 0 heterocycles. The highest BCUT2D eigenvalue weighted by Crippen LogP contribution is 2.20. The molecule has 0 atom stereocenters. The summed E-state index contributed by atoms with van der Waals surface area (Å²) in [7, 11) is 0. The molecule has 1 rings (SSSR count). The van der Waals surface area contributed by atoms with Gasteiger partial charge in [0.15, 0.2) is 6.61 Å². The van der Waals surface area contributed by atoms with E-state index in [9.17, 15) is 9.59 Å². The van der Waals surface area contributed by atoms with Crippen molar-refractivity contribution in [3.05, 3.63) is 0 Å². The summed E-state index contributed by atoms with van der Waals surface area (Å²) in [5, 5.41) is 10.7. The maximum Gasteiger partial charge on any atom is 0.338 e. The van der Waals surface area contributed by atoms with Crippen LogP contribution in [-0.4, -0.2) is 43.0 Å². The van der Waals surface area contributed by atoms with E-state index < -0.39 is 18.6 Å². The van der Waals surface area contributed by atoms with Gasteiger partial charge in [-0.2, -0.15) is 0 Å². The lowest BCUT2D eigenvalue weighted by atomic mass is 10.3.